The highest BCUT2D eigenvalue weighted by Gasteiger charge is 2.24. The first-order valence-electron chi connectivity index (χ1n) is 11.6. The van der Waals surface area contributed by atoms with E-state index in [-0.39, 0.29) is 36.0 Å². The van der Waals surface area contributed by atoms with Crippen molar-refractivity contribution in [3.63, 3.8) is 0 Å². The molecule has 0 fully saturated rings. The van der Waals surface area contributed by atoms with Gasteiger partial charge in [0.15, 0.2) is 11.6 Å². The number of nitrogens with zero attached hydrogens (tertiary/aromatic N) is 1. The SMILES string of the molecule is CCCN(CCC)CCCc1cccc(C(=O)CC(CCC(C)=O)C(C)=O)c1C(C)=O. The summed E-state index contributed by atoms with van der Waals surface area (Å²) in [6.07, 6.45) is 4.58. The third-order valence-corrected chi connectivity index (χ3v) is 5.65. The van der Waals surface area contributed by atoms with Gasteiger partial charge in [0.05, 0.1) is 0 Å². The maximum atomic E-state index is 13.0. The normalized spacial score (nSPS) is 12.1. The fourth-order valence-electron chi connectivity index (χ4n) is 4.08. The minimum absolute atomic E-state index is 0.00492. The van der Waals surface area contributed by atoms with Gasteiger partial charge in [-0.3, -0.25) is 14.4 Å². The van der Waals surface area contributed by atoms with Crippen molar-refractivity contribution in [2.24, 2.45) is 5.92 Å². The molecule has 0 heterocycles. The Balaban J connectivity index is 2.99. The number of carbonyl (C=O) groups is 4. The summed E-state index contributed by atoms with van der Waals surface area (Å²) in [5.41, 5.74) is 1.78. The van der Waals surface area contributed by atoms with Gasteiger partial charge in [0.2, 0.25) is 0 Å². The molecule has 0 bridgehead atoms. The van der Waals surface area contributed by atoms with E-state index in [2.05, 4.69) is 18.7 Å². The molecule has 5 nitrogen and oxygen atoms in total. The number of hydrogen-bond acceptors (Lipinski definition) is 5. The highest BCUT2D eigenvalue weighted by molar-refractivity contribution is 6.09. The topological polar surface area (TPSA) is 71.5 Å². The minimum atomic E-state index is -0.489. The van der Waals surface area contributed by atoms with Crippen LogP contribution in [0.15, 0.2) is 18.2 Å². The number of rotatable bonds is 16. The Morgan fingerprint density at radius 2 is 1.58 bits per heavy atom. The Bertz CT molecular complexity index is 763. The summed E-state index contributed by atoms with van der Waals surface area (Å²) in [5.74, 6) is -0.903. The van der Waals surface area contributed by atoms with Gasteiger partial charge in [-0.1, -0.05) is 32.0 Å². The zero-order valence-corrected chi connectivity index (χ0v) is 20.0. The lowest BCUT2D eigenvalue weighted by Gasteiger charge is -2.21. The van der Waals surface area contributed by atoms with E-state index in [9.17, 15) is 19.2 Å². The molecule has 5 heteroatoms. The Morgan fingerprint density at radius 3 is 2.10 bits per heavy atom. The van der Waals surface area contributed by atoms with E-state index < -0.39 is 5.92 Å². The van der Waals surface area contributed by atoms with Gasteiger partial charge in [-0.15, -0.1) is 0 Å². The van der Waals surface area contributed by atoms with Crippen molar-refractivity contribution >= 4 is 23.1 Å². The summed E-state index contributed by atoms with van der Waals surface area (Å²) in [4.78, 5) is 51.2. The van der Waals surface area contributed by atoms with Crippen LogP contribution in [-0.4, -0.2) is 47.7 Å². The van der Waals surface area contributed by atoms with Gasteiger partial charge in [-0.2, -0.15) is 0 Å². The fourth-order valence-corrected chi connectivity index (χ4v) is 4.08. The van der Waals surface area contributed by atoms with Crippen molar-refractivity contribution < 1.29 is 19.2 Å². The van der Waals surface area contributed by atoms with Gasteiger partial charge in [-0.25, -0.2) is 0 Å². The molecule has 1 aromatic carbocycles. The molecule has 0 saturated carbocycles. The Hall–Kier alpha value is -2.14. The number of hydrogen-bond donors (Lipinski definition) is 0. The molecule has 1 rings (SSSR count). The van der Waals surface area contributed by atoms with Crippen LogP contribution in [0.2, 0.25) is 0 Å². The minimum Gasteiger partial charge on any atom is -0.303 e. The molecule has 1 atom stereocenters. The first-order valence-corrected chi connectivity index (χ1v) is 11.6. The molecule has 1 unspecified atom stereocenters. The lowest BCUT2D eigenvalue weighted by molar-refractivity contribution is -0.121. The van der Waals surface area contributed by atoms with Gasteiger partial charge < -0.3 is 9.69 Å². The van der Waals surface area contributed by atoms with Crippen molar-refractivity contribution in [2.45, 2.75) is 79.6 Å². The average molecular weight is 430 g/mol. The molecule has 0 saturated heterocycles. The molecule has 0 N–H and O–H groups in total. The van der Waals surface area contributed by atoms with Crippen LogP contribution < -0.4 is 0 Å². The molecule has 0 radical (unpaired) electrons. The second kappa shape index (κ2) is 14.0. The summed E-state index contributed by atoms with van der Waals surface area (Å²) in [6.45, 7) is 11.9. The van der Waals surface area contributed by atoms with Crippen LogP contribution >= 0.6 is 0 Å². The zero-order chi connectivity index (χ0) is 23.4. The Morgan fingerprint density at radius 1 is 0.935 bits per heavy atom. The van der Waals surface area contributed by atoms with Gasteiger partial charge in [0, 0.05) is 29.9 Å². The summed E-state index contributed by atoms with van der Waals surface area (Å²) in [5, 5.41) is 0. The Kier molecular flexibility index (Phi) is 12.2. The zero-order valence-electron chi connectivity index (χ0n) is 20.0. The van der Waals surface area contributed by atoms with E-state index in [4.69, 9.17) is 0 Å². The van der Waals surface area contributed by atoms with Crippen molar-refractivity contribution in [1.82, 2.24) is 4.90 Å². The predicted octanol–water partition coefficient (Wildman–Crippen LogP) is 5.09. The van der Waals surface area contributed by atoms with Crippen molar-refractivity contribution in [3.8, 4) is 0 Å². The van der Waals surface area contributed by atoms with Crippen LogP contribution in [-0.2, 0) is 16.0 Å². The van der Waals surface area contributed by atoms with Crippen molar-refractivity contribution in [3.05, 3.63) is 34.9 Å². The van der Waals surface area contributed by atoms with Crippen LogP contribution in [0.3, 0.4) is 0 Å². The van der Waals surface area contributed by atoms with E-state index in [0.717, 1.165) is 50.9 Å². The van der Waals surface area contributed by atoms with Gasteiger partial charge in [0.1, 0.15) is 11.6 Å². The van der Waals surface area contributed by atoms with Crippen molar-refractivity contribution in [1.29, 1.82) is 0 Å². The smallest absolute Gasteiger partial charge is 0.164 e. The molecule has 0 aliphatic carbocycles. The lowest BCUT2D eigenvalue weighted by atomic mass is 9.87. The van der Waals surface area contributed by atoms with Gasteiger partial charge in [-0.05, 0) is 78.1 Å². The molecule has 0 aromatic heterocycles. The van der Waals surface area contributed by atoms with Crippen LogP contribution in [0, 0.1) is 5.92 Å². The molecule has 0 amide bonds. The van der Waals surface area contributed by atoms with Crippen molar-refractivity contribution in [2.75, 3.05) is 19.6 Å². The van der Waals surface area contributed by atoms with E-state index in [1.165, 1.54) is 20.8 Å². The van der Waals surface area contributed by atoms with E-state index >= 15 is 0 Å². The second-order valence-electron chi connectivity index (χ2n) is 8.52. The number of carbonyl (C=O) groups excluding carboxylic acids is 4. The third-order valence-electron chi connectivity index (χ3n) is 5.65. The first kappa shape index (κ1) is 26.9. The molecular formula is C26H39NO4. The highest BCUT2D eigenvalue weighted by atomic mass is 16.1. The monoisotopic (exact) mass is 429 g/mol. The van der Waals surface area contributed by atoms with E-state index in [1.54, 1.807) is 6.07 Å². The maximum Gasteiger partial charge on any atom is 0.164 e. The molecule has 0 spiro atoms. The molecule has 0 aliphatic rings. The molecular weight excluding hydrogens is 390 g/mol. The average Bonchev–Trinajstić information content (AvgIpc) is 2.70. The summed E-state index contributed by atoms with van der Waals surface area (Å²) in [6, 6.07) is 5.43. The standard InChI is InChI=1S/C26H39NO4/c1-6-15-27(16-7-2)17-9-11-22-10-8-12-24(26(22)21(5)30)25(31)18-23(20(4)29)14-13-19(3)28/h8,10,12,23H,6-7,9,11,13-18H2,1-5H3. The fraction of sp³-hybridized carbons (Fsp3) is 0.615. The highest BCUT2D eigenvalue weighted by Crippen LogP contribution is 2.23. The molecule has 0 aliphatic heterocycles. The Labute approximate surface area is 187 Å². The second-order valence-corrected chi connectivity index (χ2v) is 8.52. The largest absolute Gasteiger partial charge is 0.303 e. The van der Waals surface area contributed by atoms with Crippen LogP contribution in [0.4, 0.5) is 0 Å². The number of ketones is 4. The lowest BCUT2D eigenvalue weighted by Crippen LogP contribution is -2.27. The van der Waals surface area contributed by atoms with Crippen LogP contribution in [0.5, 0.6) is 0 Å². The van der Waals surface area contributed by atoms with Gasteiger partial charge >= 0.3 is 0 Å². The summed E-state index contributed by atoms with van der Waals surface area (Å²) < 4.78 is 0. The summed E-state index contributed by atoms with van der Waals surface area (Å²) >= 11 is 0. The summed E-state index contributed by atoms with van der Waals surface area (Å²) in [7, 11) is 0. The molecule has 1 aromatic rings. The molecule has 172 valence electrons. The van der Waals surface area contributed by atoms with Gasteiger partial charge in [0.25, 0.3) is 0 Å². The number of benzene rings is 1. The van der Waals surface area contributed by atoms with Crippen LogP contribution in [0.25, 0.3) is 0 Å². The molecule has 31 heavy (non-hydrogen) atoms. The van der Waals surface area contributed by atoms with E-state index in [0.29, 0.717) is 17.5 Å². The maximum absolute atomic E-state index is 13.0. The third kappa shape index (κ3) is 9.26. The predicted molar refractivity (Wildman–Crippen MR) is 125 cm³/mol. The quantitative estimate of drug-likeness (QED) is 0.342. The van der Waals surface area contributed by atoms with Crippen LogP contribution in [0.1, 0.15) is 99.4 Å². The number of Topliss-reactive ketones (excluding diaryl/α,β-unsaturated/α-hetero) is 4. The first-order chi connectivity index (χ1) is 14.7. The van der Waals surface area contributed by atoms with E-state index in [1.807, 2.05) is 12.1 Å². The number of aryl methyl sites for hydroxylation is 1.